The second-order valence-electron chi connectivity index (χ2n) is 3.73. The lowest BCUT2D eigenvalue weighted by Gasteiger charge is -2.10. The van der Waals surface area contributed by atoms with Crippen LogP contribution in [-0.4, -0.2) is 18.1 Å². The number of carbonyl (C=O) groups excluding carboxylic acids is 1. The van der Waals surface area contributed by atoms with Crippen molar-refractivity contribution >= 4 is 45.8 Å². The minimum absolute atomic E-state index is 0.213. The zero-order chi connectivity index (χ0) is 13.8. The van der Waals surface area contributed by atoms with Gasteiger partial charge < -0.3 is 15.8 Å². The molecule has 6 heteroatoms. The van der Waals surface area contributed by atoms with Gasteiger partial charge in [0.15, 0.2) is 11.5 Å². The first-order valence-corrected chi connectivity index (χ1v) is 6.56. The number of rotatable bonds is 3. The number of nitrogens with zero attached hydrogens (tertiary/aromatic N) is 1. The van der Waals surface area contributed by atoms with Gasteiger partial charge in [0.1, 0.15) is 0 Å². The molecule has 1 aromatic heterocycles. The first-order valence-electron chi connectivity index (χ1n) is 5.48. The Morgan fingerprint density at radius 3 is 2.74 bits per heavy atom. The monoisotopic (exact) mass is 369 g/mol. The third kappa shape index (κ3) is 3.14. The number of nitrogen functional groups attached to an aromatic ring is 1. The highest BCUT2D eigenvalue weighted by atomic mass is 127. The van der Waals surface area contributed by atoms with Crippen molar-refractivity contribution in [1.29, 1.82) is 0 Å². The lowest BCUT2D eigenvalue weighted by molar-refractivity contribution is 0.0594. The van der Waals surface area contributed by atoms with Gasteiger partial charge in [0.2, 0.25) is 0 Å². The minimum Gasteiger partial charge on any atom is -0.464 e. The molecule has 0 bridgehead atoms. The van der Waals surface area contributed by atoms with Crippen LogP contribution in [-0.2, 0) is 4.74 Å². The number of methoxy groups -OCH3 is 1. The Kier molecular flexibility index (Phi) is 4.20. The molecule has 0 spiro atoms. The molecule has 0 amide bonds. The van der Waals surface area contributed by atoms with Crippen molar-refractivity contribution in [2.24, 2.45) is 0 Å². The maximum Gasteiger partial charge on any atom is 0.356 e. The molecule has 0 saturated carbocycles. The van der Waals surface area contributed by atoms with Gasteiger partial charge in [-0.2, -0.15) is 0 Å². The first-order chi connectivity index (χ1) is 9.11. The molecule has 5 nitrogen and oxygen atoms in total. The van der Waals surface area contributed by atoms with Crippen LogP contribution in [0.3, 0.4) is 0 Å². The molecule has 3 N–H and O–H groups in total. The van der Waals surface area contributed by atoms with Gasteiger partial charge in [0.05, 0.1) is 18.5 Å². The van der Waals surface area contributed by atoms with Gasteiger partial charge >= 0.3 is 5.97 Å². The molecule has 1 heterocycles. The second-order valence-corrected chi connectivity index (χ2v) is 4.89. The Balaban J connectivity index is 2.34. The maximum atomic E-state index is 11.4. The average molecular weight is 369 g/mol. The van der Waals surface area contributed by atoms with E-state index in [1.807, 2.05) is 24.3 Å². The van der Waals surface area contributed by atoms with Crippen LogP contribution in [0.15, 0.2) is 36.4 Å². The molecule has 0 aliphatic carbocycles. The van der Waals surface area contributed by atoms with Crippen molar-refractivity contribution in [3.05, 3.63) is 45.7 Å². The van der Waals surface area contributed by atoms with E-state index >= 15 is 0 Å². The fraction of sp³-hybridized carbons (Fsp3) is 0.0769. The number of benzene rings is 1. The summed E-state index contributed by atoms with van der Waals surface area (Å²) in [7, 11) is 1.31. The molecule has 1 aromatic carbocycles. The van der Waals surface area contributed by atoms with E-state index in [1.54, 1.807) is 6.07 Å². The highest BCUT2D eigenvalue weighted by Gasteiger charge is 2.11. The van der Waals surface area contributed by atoms with Crippen molar-refractivity contribution in [2.45, 2.75) is 0 Å². The molecule has 0 aliphatic rings. The molecule has 0 saturated heterocycles. The number of pyridine rings is 1. The number of aromatic nitrogens is 1. The zero-order valence-corrected chi connectivity index (χ0v) is 12.3. The number of ether oxygens (including phenoxy) is 1. The number of hydrogen-bond acceptors (Lipinski definition) is 5. The second kappa shape index (κ2) is 5.87. The van der Waals surface area contributed by atoms with E-state index in [4.69, 9.17) is 5.73 Å². The Hall–Kier alpha value is -1.83. The largest absolute Gasteiger partial charge is 0.464 e. The summed E-state index contributed by atoms with van der Waals surface area (Å²) >= 11 is 2.21. The van der Waals surface area contributed by atoms with E-state index in [9.17, 15) is 4.79 Å². The molecular weight excluding hydrogens is 357 g/mol. The lowest BCUT2D eigenvalue weighted by atomic mass is 10.3. The van der Waals surface area contributed by atoms with E-state index in [1.165, 1.54) is 13.2 Å². The summed E-state index contributed by atoms with van der Waals surface area (Å²) in [5, 5.41) is 3.11. The number of halogens is 1. The molecular formula is C13H12IN3O2. The molecule has 19 heavy (non-hydrogen) atoms. The van der Waals surface area contributed by atoms with Crippen molar-refractivity contribution in [3.8, 4) is 0 Å². The van der Waals surface area contributed by atoms with Gasteiger partial charge in [-0.05, 0) is 46.9 Å². The predicted octanol–water partition coefficient (Wildman–Crippen LogP) is 2.80. The molecule has 98 valence electrons. The summed E-state index contributed by atoms with van der Waals surface area (Å²) in [5.41, 5.74) is 7.41. The topological polar surface area (TPSA) is 77.2 Å². The quantitative estimate of drug-likeness (QED) is 0.643. The molecule has 0 unspecified atom stereocenters. The van der Waals surface area contributed by atoms with Crippen LogP contribution in [0.4, 0.5) is 17.2 Å². The van der Waals surface area contributed by atoms with Crippen LogP contribution < -0.4 is 11.1 Å². The normalized spacial score (nSPS) is 10.0. The molecule has 2 rings (SSSR count). The molecule has 0 atom stereocenters. The zero-order valence-electron chi connectivity index (χ0n) is 10.2. The van der Waals surface area contributed by atoms with Crippen LogP contribution in [0, 0.1) is 3.57 Å². The smallest absolute Gasteiger partial charge is 0.356 e. The maximum absolute atomic E-state index is 11.4. The van der Waals surface area contributed by atoms with E-state index in [-0.39, 0.29) is 5.69 Å². The minimum atomic E-state index is -0.495. The van der Waals surface area contributed by atoms with Crippen molar-refractivity contribution in [3.63, 3.8) is 0 Å². The van der Waals surface area contributed by atoms with Gasteiger partial charge in [0.25, 0.3) is 0 Å². The summed E-state index contributed by atoms with van der Waals surface area (Å²) in [6.45, 7) is 0. The van der Waals surface area contributed by atoms with Crippen molar-refractivity contribution < 1.29 is 9.53 Å². The SMILES string of the molecule is COC(=O)c1ccc(N)c(Nc2ccccc2I)n1. The molecule has 0 radical (unpaired) electrons. The number of nitrogens with one attached hydrogen (secondary N) is 1. The van der Waals surface area contributed by atoms with E-state index < -0.39 is 5.97 Å². The third-order valence-corrected chi connectivity index (χ3v) is 3.39. The van der Waals surface area contributed by atoms with Crippen molar-refractivity contribution in [2.75, 3.05) is 18.2 Å². The number of esters is 1. The number of hydrogen-bond donors (Lipinski definition) is 2. The number of anilines is 3. The Morgan fingerprint density at radius 2 is 2.05 bits per heavy atom. The van der Waals surface area contributed by atoms with E-state index in [0.717, 1.165) is 9.26 Å². The van der Waals surface area contributed by atoms with Gasteiger partial charge in [-0.15, -0.1) is 0 Å². The van der Waals surface area contributed by atoms with Crippen LogP contribution in [0.5, 0.6) is 0 Å². The van der Waals surface area contributed by atoms with Crippen LogP contribution in [0.1, 0.15) is 10.5 Å². The van der Waals surface area contributed by atoms with Crippen molar-refractivity contribution in [1.82, 2.24) is 4.98 Å². The van der Waals surface area contributed by atoms with E-state index in [2.05, 4.69) is 37.6 Å². The average Bonchev–Trinajstić information content (AvgIpc) is 2.42. The highest BCUT2D eigenvalue weighted by Crippen LogP contribution is 2.25. The lowest BCUT2D eigenvalue weighted by Crippen LogP contribution is -2.08. The Labute approximate surface area is 124 Å². The summed E-state index contributed by atoms with van der Waals surface area (Å²) < 4.78 is 5.67. The third-order valence-electron chi connectivity index (χ3n) is 2.45. The van der Waals surface area contributed by atoms with Gasteiger partial charge in [-0.3, -0.25) is 0 Å². The van der Waals surface area contributed by atoms with Crippen LogP contribution in [0.25, 0.3) is 0 Å². The summed E-state index contributed by atoms with van der Waals surface area (Å²) in [6.07, 6.45) is 0. The number of para-hydroxylation sites is 1. The number of nitrogens with two attached hydrogens (primary N) is 1. The van der Waals surface area contributed by atoms with E-state index in [0.29, 0.717) is 11.5 Å². The Morgan fingerprint density at radius 1 is 1.32 bits per heavy atom. The predicted molar refractivity (Wildman–Crippen MR) is 82.4 cm³/mol. The summed E-state index contributed by atoms with van der Waals surface area (Å²) in [4.78, 5) is 15.6. The molecule has 2 aromatic rings. The number of carbonyl (C=O) groups is 1. The first kappa shape index (κ1) is 13.6. The van der Waals surface area contributed by atoms with Gasteiger partial charge in [-0.25, -0.2) is 9.78 Å². The Bertz CT molecular complexity index is 617. The van der Waals surface area contributed by atoms with Crippen LogP contribution >= 0.6 is 22.6 Å². The standard InChI is InChI=1S/C13H12IN3O2/c1-19-13(18)11-7-6-9(15)12(17-11)16-10-5-3-2-4-8(10)14/h2-7H,15H2,1H3,(H,16,17). The summed E-state index contributed by atoms with van der Waals surface area (Å²) in [6, 6.07) is 10.9. The fourth-order valence-corrected chi connectivity index (χ4v) is 2.00. The molecule has 0 aliphatic heterocycles. The highest BCUT2D eigenvalue weighted by molar-refractivity contribution is 14.1. The van der Waals surface area contributed by atoms with Crippen LogP contribution in [0.2, 0.25) is 0 Å². The van der Waals surface area contributed by atoms with Gasteiger partial charge in [0, 0.05) is 3.57 Å². The summed E-state index contributed by atoms with van der Waals surface area (Å²) in [5.74, 6) is -0.0576. The fourth-order valence-electron chi connectivity index (χ4n) is 1.48. The molecule has 0 fully saturated rings. The van der Waals surface area contributed by atoms with Gasteiger partial charge in [-0.1, -0.05) is 12.1 Å².